The van der Waals surface area contributed by atoms with Crippen molar-refractivity contribution in [3.05, 3.63) is 35.1 Å². The second-order valence-corrected chi connectivity index (χ2v) is 4.50. The SMILES string of the molecule is NCc1ccc(F)cc1CN1CCOCC1CO. The van der Waals surface area contributed by atoms with E-state index in [1.54, 1.807) is 6.07 Å². The topological polar surface area (TPSA) is 58.7 Å². The lowest BCUT2D eigenvalue weighted by Gasteiger charge is -2.34. The first-order chi connectivity index (χ1) is 8.74. The summed E-state index contributed by atoms with van der Waals surface area (Å²) in [6.07, 6.45) is 0. The molecule has 1 fully saturated rings. The number of halogens is 1. The monoisotopic (exact) mass is 254 g/mol. The Kier molecular flexibility index (Phi) is 4.66. The van der Waals surface area contributed by atoms with Gasteiger partial charge in [-0.15, -0.1) is 0 Å². The largest absolute Gasteiger partial charge is 0.395 e. The molecule has 0 radical (unpaired) electrons. The number of nitrogens with two attached hydrogens (primary N) is 1. The molecule has 0 aromatic heterocycles. The molecule has 4 nitrogen and oxygen atoms in total. The average molecular weight is 254 g/mol. The number of hydrogen-bond donors (Lipinski definition) is 2. The van der Waals surface area contributed by atoms with Crippen molar-refractivity contribution >= 4 is 0 Å². The smallest absolute Gasteiger partial charge is 0.123 e. The highest BCUT2D eigenvalue weighted by molar-refractivity contribution is 5.27. The van der Waals surface area contributed by atoms with Crippen molar-refractivity contribution in [2.45, 2.75) is 19.1 Å². The molecule has 0 amide bonds. The molecule has 1 aliphatic heterocycles. The van der Waals surface area contributed by atoms with Crippen molar-refractivity contribution < 1.29 is 14.2 Å². The molecular weight excluding hydrogens is 235 g/mol. The number of nitrogens with zero attached hydrogens (tertiary/aromatic N) is 1. The van der Waals surface area contributed by atoms with Gasteiger partial charge in [-0.1, -0.05) is 6.07 Å². The van der Waals surface area contributed by atoms with Gasteiger partial charge < -0.3 is 15.6 Å². The van der Waals surface area contributed by atoms with Gasteiger partial charge >= 0.3 is 0 Å². The van der Waals surface area contributed by atoms with Crippen LogP contribution >= 0.6 is 0 Å². The van der Waals surface area contributed by atoms with Crippen LogP contribution in [0.15, 0.2) is 18.2 Å². The lowest BCUT2D eigenvalue weighted by molar-refractivity contribution is -0.0313. The van der Waals surface area contributed by atoms with Crippen molar-refractivity contribution in [2.24, 2.45) is 5.73 Å². The Hall–Kier alpha value is -1.01. The van der Waals surface area contributed by atoms with Gasteiger partial charge in [-0.25, -0.2) is 4.39 Å². The Labute approximate surface area is 106 Å². The van der Waals surface area contributed by atoms with E-state index in [9.17, 15) is 9.50 Å². The lowest BCUT2D eigenvalue weighted by atomic mass is 10.1. The predicted octanol–water partition coefficient (Wildman–Crippen LogP) is 0.478. The molecule has 0 saturated carbocycles. The van der Waals surface area contributed by atoms with Crippen LogP contribution in [-0.2, 0) is 17.8 Å². The van der Waals surface area contributed by atoms with E-state index in [0.717, 1.165) is 17.7 Å². The Bertz CT molecular complexity index is 401. The number of aliphatic hydroxyl groups is 1. The Morgan fingerprint density at radius 2 is 2.28 bits per heavy atom. The third-order valence-corrected chi connectivity index (χ3v) is 3.32. The van der Waals surface area contributed by atoms with Gasteiger partial charge in [0, 0.05) is 19.6 Å². The summed E-state index contributed by atoms with van der Waals surface area (Å²) in [5, 5.41) is 9.30. The third kappa shape index (κ3) is 3.05. The Balaban J connectivity index is 2.14. The fourth-order valence-corrected chi connectivity index (χ4v) is 2.23. The van der Waals surface area contributed by atoms with Gasteiger partial charge in [0.15, 0.2) is 0 Å². The molecule has 0 spiro atoms. The van der Waals surface area contributed by atoms with Gasteiger partial charge in [-0.3, -0.25) is 4.90 Å². The molecule has 100 valence electrons. The highest BCUT2D eigenvalue weighted by atomic mass is 19.1. The lowest BCUT2D eigenvalue weighted by Crippen LogP contribution is -2.47. The Morgan fingerprint density at radius 3 is 3.00 bits per heavy atom. The standard InChI is InChI=1S/C13H19FN2O2/c14-12-2-1-10(6-15)11(5-12)7-16-3-4-18-9-13(16)8-17/h1-2,5,13,17H,3-4,6-9,15H2. The van der Waals surface area contributed by atoms with Crippen LogP contribution in [0.3, 0.4) is 0 Å². The van der Waals surface area contributed by atoms with Gasteiger partial charge in [0.1, 0.15) is 5.82 Å². The van der Waals surface area contributed by atoms with Gasteiger partial charge in [-0.2, -0.15) is 0 Å². The molecular formula is C13H19FN2O2. The maximum atomic E-state index is 13.3. The summed E-state index contributed by atoms with van der Waals surface area (Å²) in [6, 6.07) is 4.65. The summed E-state index contributed by atoms with van der Waals surface area (Å²) in [5.74, 6) is -0.254. The highest BCUT2D eigenvalue weighted by Crippen LogP contribution is 2.17. The fourth-order valence-electron chi connectivity index (χ4n) is 2.23. The van der Waals surface area contributed by atoms with Crippen molar-refractivity contribution in [1.29, 1.82) is 0 Å². The number of benzene rings is 1. The second-order valence-electron chi connectivity index (χ2n) is 4.50. The minimum atomic E-state index is -0.254. The number of hydrogen-bond acceptors (Lipinski definition) is 4. The van der Waals surface area contributed by atoms with E-state index in [2.05, 4.69) is 4.90 Å². The first kappa shape index (κ1) is 13.4. The molecule has 1 heterocycles. The predicted molar refractivity (Wildman–Crippen MR) is 66.4 cm³/mol. The molecule has 1 saturated heterocycles. The molecule has 3 N–H and O–H groups in total. The first-order valence-corrected chi connectivity index (χ1v) is 6.14. The summed E-state index contributed by atoms with van der Waals surface area (Å²) < 4.78 is 18.6. The number of aliphatic hydroxyl groups excluding tert-OH is 1. The van der Waals surface area contributed by atoms with Crippen LogP contribution in [0.25, 0.3) is 0 Å². The number of morpholine rings is 1. The van der Waals surface area contributed by atoms with E-state index < -0.39 is 0 Å². The van der Waals surface area contributed by atoms with Crippen LogP contribution in [0.1, 0.15) is 11.1 Å². The maximum Gasteiger partial charge on any atom is 0.123 e. The average Bonchev–Trinajstić information content (AvgIpc) is 2.40. The van der Waals surface area contributed by atoms with Gasteiger partial charge in [0.05, 0.1) is 25.9 Å². The van der Waals surface area contributed by atoms with Crippen LogP contribution in [0.2, 0.25) is 0 Å². The molecule has 1 unspecified atom stereocenters. The summed E-state index contributed by atoms with van der Waals surface area (Å²) >= 11 is 0. The summed E-state index contributed by atoms with van der Waals surface area (Å²) in [7, 11) is 0. The zero-order valence-corrected chi connectivity index (χ0v) is 10.3. The van der Waals surface area contributed by atoms with E-state index in [4.69, 9.17) is 10.5 Å². The second kappa shape index (κ2) is 6.24. The van der Waals surface area contributed by atoms with Gasteiger partial charge in [0.2, 0.25) is 0 Å². The summed E-state index contributed by atoms with van der Waals surface area (Å²) in [6.45, 7) is 2.94. The van der Waals surface area contributed by atoms with E-state index in [0.29, 0.717) is 26.3 Å². The van der Waals surface area contributed by atoms with Crippen molar-refractivity contribution in [3.63, 3.8) is 0 Å². The first-order valence-electron chi connectivity index (χ1n) is 6.14. The molecule has 18 heavy (non-hydrogen) atoms. The molecule has 0 bridgehead atoms. The zero-order valence-electron chi connectivity index (χ0n) is 10.3. The van der Waals surface area contributed by atoms with Crippen LogP contribution < -0.4 is 5.73 Å². The Morgan fingerprint density at radius 1 is 1.44 bits per heavy atom. The maximum absolute atomic E-state index is 13.3. The molecule has 1 atom stereocenters. The van der Waals surface area contributed by atoms with Gasteiger partial charge in [0.25, 0.3) is 0 Å². The zero-order chi connectivity index (χ0) is 13.0. The number of rotatable bonds is 4. The van der Waals surface area contributed by atoms with E-state index in [1.165, 1.54) is 12.1 Å². The molecule has 5 heteroatoms. The minimum Gasteiger partial charge on any atom is -0.395 e. The third-order valence-electron chi connectivity index (χ3n) is 3.32. The van der Waals surface area contributed by atoms with E-state index in [-0.39, 0.29) is 18.5 Å². The number of ether oxygens (including phenoxy) is 1. The normalized spacial score (nSPS) is 21.2. The van der Waals surface area contributed by atoms with E-state index in [1.807, 2.05) is 0 Å². The molecule has 1 aromatic rings. The van der Waals surface area contributed by atoms with Crippen LogP contribution in [0.4, 0.5) is 4.39 Å². The fraction of sp³-hybridized carbons (Fsp3) is 0.538. The van der Waals surface area contributed by atoms with Crippen LogP contribution in [0, 0.1) is 5.82 Å². The van der Waals surface area contributed by atoms with Crippen LogP contribution in [-0.4, -0.2) is 42.4 Å². The molecule has 1 aliphatic rings. The molecule has 1 aromatic carbocycles. The summed E-state index contributed by atoms with van der Waals surface area (Å²) in [5.41, 5.74) is 7.49. The van der Waals surface area contributed by atoms with Crippen molar-refractivity contribution in [2.75, 3.05) is 26.4 Å². The highest BCUT2D eigenvalue weighted by Gasteiger charge is 2.22. The van der Waals surface area contributed by atoms with E-state index >= 15 is 0 Å². The quantitative estimate of drug-likeness (QED) is 0.820. The molecule has 0 aliphatic carbocycles. The van der Waals surface area contributed by atoms with Gasteiger partial charge in [-0.05, 0) is 23.3 Å². The van der Waals surface area contributed by atoms with Crippen molar-refractivity contribution in [3.8, 4) is 0 Å². The van der Waals surface area contributed by atoms with Crippen molar-refractivity contribution in [1.82, 2.24) is 4.90 Å². The van der Waals surface area contributed by atoms with Crippen LogP contribution in [0.5, 0.6) is 0 Å². The minimum absolute atomic E-state index is 0.0207. The molecule has 2 rings (SSSR count). The summed E-state index contributed by atoms with van der Waals surface area (Å²) in [4.78, 5) is 2.11.